The topological polar surface area (TPSA) is 122 Å². The van der Waals surface area contributed by atoms with Gasteiger partial charge in [0.05, 0.1) is 15.3 Å². The fourth-order valence-corrected chi connectivity index (χ4v) is 7.32. The lowest BCUT2D eigenvalue weighted by atomic mass is 9.91. The Hall–Kier alpha value is -1.82. The van der Waals surface area contributed by atoms with Gasteiger partial charge in [-0.25, -0.2) is 16.8 Å². The summed E-state index contributed by atoms with van der Waals surface area (Å²) in [5, 5.41) is 4.02. The van der Waals surface area contributed by atoms with Crippen molar-refractivity contribution in [1.29, 1.82) is 0 Å². The highest BCUT2D eigenvalue weighted by atomic mass is 32.2. The summed E-state index contributed by atoms with van der Waals surface area (Å²) in [4.78, 5) is 4.44. The number of sulfonamides is 2. The monoisotopic (exact) mass is 468 g/mol. The van der Waals surface area contributed by atoms with E-state index >= 15 is 0 Å². The Kier molecular flexibility index (Phi) is 6.21. The molecule has 1 N–H and O–H groups in total. The van der Waals surface area contributed by atoms with Crippen molar-refractivity contribution in [3.8, 4) is 0 Å². The third-order valence-corrected chi connectivity index (χ3v) is 9.54. The van der Waals surface area contributed by atoms with Gasteiger partial charge in [-0.05, 0) is 49.9 Å². The minimum absolute atomic E-state index is 0.0108. The van der Waals surface area contributed by atoms with Crippen LogP contribution in [0.15, 0.2) is 38.6 Å². The summed E-state index contributed by atoms with van der Waals surface area (Å²) in [6, 6.07) is 5.41. The van der Waals surface area contributed by atoms with Crippen LogP contribution < -0.4 is 4.72 Å². The van der Waals surface area contributed by atoms with E-state index in [0.717, 1.165) is 38.5 Å². The summed E-state index contributed by atoms with van der Waals surface area (Å²) < 4.78 is 61.4. The van der Waals surface area contributed by atoms with E-state index in [0.29, 0.717) is 37.6 Å². The zero-order chi connectivity index (χ0) is 22.1. The van der Waals surface area contributed by atoms with E-state index < -0.39 is 25.6 Å². The Morgan fingerprint density at radius 2 is 1.48 bits per heavy atom. The van der Waals surface area contributed by atoms with Gasteiger partial charge in [0.15, 0.2) is 5.82 Å². The SMILES string of the molecule is Cc1nc(C2(NS(=O)(=O)c3ccc(S(=O)(=O)N4CCCC4)cc3)CCCCCC2)no1. The quantitative estimate of drug-likeness (QED) is 0.647. The van der Waals surface area contributed by atoms with Crippen molar-refractivity contribution < 1.29 is 21.4 Å². The van der Waals surface area contributed by atoms with Gasteiger partial charge in [-0.3, -0.25) is 0 Å². The van der Waals surface area contributed by atoms with Gasteiger partial charge in [-0.2, -0.15) is 14.0 Å². The molecular formula is C20H28N4O5S2. The van der Waals surface area contributed by atoms with Gasteiger partial charge < -0.3 is 4.52 Å². The minimum atomic E-state index is -3.93. The highest BCUT2D eigenvalue weighted by Crippen LogP contribution is 2.36. The number of rotatable bonds is 6. The standard InChI is InChI=1S/C20H28N4O5S2/c1-16-21-19(22-29-16)20(12-4-2-3-5-13-20)23-30(25,26)17-8-10-18(11-9-17)31(27,28)24-14-6-7-15-24/h8-11,23H,2-7,12-15H2,1H3. The normalized spacial score (nSPS) is 20.5. The Bertz CT molecular complexity index is 1110. The number of hydrogen-bond donors (Lipinski definition) is 1. The predicted octanol–water partition coefficient (Wildman–Crippen LogP) is 2.69. The van der Waals surface area contributed by atoms with Crippen LogP contribution in [0.4, 0.5) is 0 Å². The molecule has 9 nitrogen and oxygen atoms in total. The second kappa shape index (κ2) is 8.61. The van der Waals surface area contributed by atoms with Crippen LogP contribution >= 0.6 is 0 Å². The molecule has 2 aromatic rings. The fourth-order valence-electron chi connectivity index (χ4n) is 4.38. The van der Waals surface area contributed by atoms with E-state index in [-0.39, 0.29) is 9.79 Å². The Balaban J connectivity index is 1.62. The zero-order valence-electron chi connectivity index (χ0n) is 17.6. The number of nitrogens with one attached hydrogen (secondary N) is 1. The van der Waals surface area contributed by atoms with Crippen molar-refractivity contribution in [2.75, 3.05) is 13.1 Å². The maximum Gasteiger partial charge on any atom is 0.243 e. The first-order valence-electron chi connectivity index (χ1n) is 10.7. The molecular weight excluding hydrogens is 440 g/mol. The first-order valence-corrected chi connectivity index (χ1v) is 13.6. The first-order chi connectivity index (χ1) is 14.7. The molecule has 0 atom stereocenters. The summed E-state index contributed by atoms with van der Waals surface area (Å²) in [6.45, 7) is 2.67. The molecule has 0 unspecified atom stereocenters. The van der Waals surface area contributed by atoms with E-state index in [9.17, 15) is 16.8 Å². The Morgan fingerprint density at radius 1 is 0.903 bits per heavy atom. The maximum atomic E-state index is 13.3. The molecule has 2 heterocycles. The fraction of sp³-hybridized carbons (Fsp3) is 0.600. The number of hydrogen-bond acceptors (Lipinski definition) is 7. The molecule has 2 aliphatic rings. The zero-order valence-corrected chi connectivity index (χ0v) is 19.2. The molecule has 170 valence electrons. The molecule has 0 amide bonds. The molecule has 0 bridgehead atoms. The third-order valence-electron chi connectivity index (χ3n) is 6.08. The summed E-state index contributed by atoms with van der Waals surface area (Å²) >= 11 is 0. The largest absolute Gasteiger partial charge is 0.340 e. The molecule has 1 aliphatic carbocycles. The lowest BCUT2D eigenvalue weighted by molar-refractivity contribution is 0.301. The third kappa shape index (κ3) is 4.55. The lowest BCUT2D eigenvalue weighted by Crippen LogP contribution is -2.46. The van der Waals surface area contributed by atoms with Crippen LogP contribution in [0.5, 0.6) is 0 Å². The van der Waals surface area contributed by atoms with Crippen LogP contribution in [-0.2, 0) is 25.6 Å². The van der Waals surface area contributed by atoms with Crippen molar-refractivity contribution >= 4 is 20.0 Å². The van der Waals surface area contributed by atoms with Gasteiger partial charge in [-0.15, -0.1) is 0 Å². The second-order valence-corrected chi connectivity index (χ2v) is 11.9. The molecule has 1 aromatic carbocycles. The minimum Gasteiger partial charge on any atom is -0.340 e. The average Bonchev–Trinajstić information content (AvgIpc) is 3.38. The molecule has 1 saturated carbocycles. The van der Waals surface area contributed by atoms with E-state index in [1.807, 2.05) is 0 Å². The highest BCUT2D eigenvalue weighted by molar-refractivity contribution is 7.89. The smallest absolute Gasteiger partial charge is 0.243 e. The number of benzene rings is 1. The van der Waals surface area contributed by atoms with Crippen LogP contribution in [0.25, 0.3) is 0 Å². The van der Waals surface area contributed by atoms with Gasteiger partial charge in [0, 0.05) is 20.0 Å². The van der Waals surface area contributed by atoms with E-state index in [1.54, 1.807) is 6.92 Å². The van der Waals surface area contributed by atoms with Gasteiger partial charge in [0.2, 0.25) is 25.9 Å². The van der Waals surface area contributed by atoms with E-state index in [4.69, 9.17) is 4.52 Å². The molecule has 2 fully saturated rings. The number of aromatic nitrogens is 2. The maximum absolute atomic E-state index is 13.3. The molecule has 11 heteroatoms. The lowest BCUT2D eigenvalue weighted by Gasteiger charge is -2.30. The van der Waals surface area contributed by atoms with E-state index in [1.165, 1.54) is 28.6 Å². The Labute approximate surface area is 183 Å². The van der Waals surface area contributed by atoms with Gasteiger partial charge >= 0.3 is 0 Å². The highest BCUT2D eigenvalue weighted by Gasteiger charge is 2.41. The molecule has 1 aromatic heterocycles. The van der Waals surface area contributed by atoms with Crippen LogP contribution in [0.2, 0.25) is 0 Å². The van der Waals surface area contributed by atoms with Crippen molar-refractivity contribution in [3.63, 3.8) is 0 Å². The second-order valence-electron chi connectivity index (χ2n) is 8.32. The van der Waals surface area contributed by atoms with Crippen LogP contribution in [0.3, 0.4) is 0 Å². The number of aryl methyl sites for hydroxylation is 1. The molecule has 0 spiro atoms. The summed E-state index contributed by atoms with van der Waals surface area (Å²) in [5.41, 5.74) is -0.937. The van der Waals surface area contributed by atoms with Gasteiger partial charge in [0.25, 0.3) is 0 Å². The van der Waals surface area contributed by atoms with Gasteiger partial charge in [-0.1, -0.05) is 30.8 Å². The predicted molar refractivity (Wildman–Crippen MR) is 113 cm³/mol. The molecule has 31 heavy (non-hydrogen) atoms. The van der Waals surface area contributed by atoms with Crippen molar-refractivity contribution in [2.45, 2.75) is 73.6 Å². The summed E-state index contributed by atoms with van der Waals surface area (Å²) in [6.07, 6.45) is 6.57. The molecule has 0 radical (unpaired) electrons. The van der Waals surface area contributed by atoms with Crippen molar-refractivity contribution in [1.82, 2.24) is 19.2 Å². The van der Waals surface area contributed by atoms with Crippen LogP contribution in [-0.4, -0.2) is 44.4 Å². The van der Waals surface area contributed by atoms with Gasteiger partial charge in [0.1, 0.15) is 0 Å². The first kappa shape index (κ1) is 22.4. The molecule has 1 aliphatic heterocycles. The Morgan fingerprint density at radius 3 is 2.03 bits per heavy atom. The molecule has 4 rings (SSSR count). The summed E-state index contributed by atoms with van der Waals surface area (Å²) in [7, 11) is -7.53. The molecule has 1 saturated heterocycles. The van der Waals surface area contributed by atoms with Crippen LogP contribution in [0.1, 0.15) is 63.1 Å². The number of nitrogens with zero attached hydrogens (tertiary/aromatic N) is 3. The van der Waals surface area contributed by atoms with Crippen LogP contribution in [0, 0.1) is 6.92 Å². The van der Waals surface area contributed by atoms with Crippen molar-refractivity contribution in [3.05, 3.63) is 36.0 Å². The van der Waals surface area contributed by atoms with E-state index in [2.05, 4.69) is 14.9 Å². The van der Waals surface area contributed by atoms with Crippen molar-refractivity contribution in [2.24, 2.45) is 0 Å². The average molecular weight is 469 g/mol. The summed E-state index contributed by atoms with van der Waals surface area (Å²) in [5.74, 6) is 0.734.